The van der Waals surface area contributed by atoms with Crippen LogP contribution in [0.25, 0.3) is 10.9 Å². The molecule has 1 aliphatic heterocycles. The van der Waals surface area contributed by atoms with Crippen molar-refractivity contribution in [2.24, 2.45) is 0 Å². The molecule has 30 heavy (non-hydrogen) atoms. The van der Waals surface area contributed by atoms with Crippen molar-refractivity contribution >= 4 is 22.8 Å². The molecule has 3 aromatic rings. The molecule has 156 valence electrons. The van der Waals surface area contributed by atoms with Crippen LogP contribution in [0.5, 0.6) is 11.5 Å². The molecule has 0 unspecified atom stereocenters. The molecule has 7 heteroatoms. The Kier molecular flexibility index (Phi) is 5.35. The zero-order valence-corrected chi connectivity index (χ0v) is 17.0. The van der Waals surface area contributed by atoms with Crippen molar-refractivity contribution in [3.05, 3.63) is 59.3 Å². The third kappa shape index (κ3) is 3.58. The fourth-order valence-electron chi connectivity index (χ4n) is 4.12. The number of hydrogen-bond acceptors (Lipinski definition) is 4. The molecule has 1 amide bonds. The fraction of sp³-hybridized carbons (Fsp3) is 0.304. The maximum absolute atomic E-state index is 13.0. The lowest BCUT2D eigenvalue weighted by Crippen LogP contribution is -2.48. The number of aliphatic carboxylic acids is 1. The number of fused-ring (bicyclic) bond motifs is 2. The molecule has 1 aliphatic rings. The zero-order valence-electron chi connectivity index (χ0n) is 17.0. The highest BCUT2D eigenvalue weighted by Gasteiger charge is 2.35. The molecule has 2 heterocycles. The topological polar surface area (TPSA) is 91.9 Å². The molecule has 1 aromatic heterocycles. The van der Waals surface area contributed by atoms with Gasteiger partial charge in [0.1, 0.15) is 6.04 Å². The lowest BCUT2D eigenvalue weighted by Gasteiger charge is -2.35. The van der Waals surface area contributed by atoms with E-state index in [0.29, 0.717) is 17.9 Å². The summed E-state index contributed by atoms with van der Waals surface area (Å²) in [6, 6.07) is 10.7. The third-order valence-corrected chi connectivity index (χ3v) is 5.72. The first-order valence-corrected chi connectivity index (χ1v) is 9.83. The lowest BCUT2D eigenvalue weighted by molar-refractivity contribution is -0.151. The number of aromatic amines is 1. The largest absolute Gasteiger partial charge is 0.493 e. The summed E-state index contributed by atoms with van der Waals surface area (Å²) in [5.74, 6) is -0.0558. The number of para-hydroxylation sites is 1. The standard InChI is InChI=1S/C23H24N2O5/c1-29-20-10-15-9-19(23(27)28)25(13-16(15)11-21(20)30-2)22(26)8-7-14-12-24-18-6-4-3-5-17(14)18/h3-6,10-12,19,24H,7-9,13H2,1-2H3,(H,27,28)/t19-/m1/s1. The van der Waals surface area contributed by atoms with Crippen LogP contribution in [0.3, 0.4) is 0 Å². The number of hydrogen-bond donors (Lipinski definition) is 2. The van der Waals surface area contributed by atoms with E-state index in [-0.39, 0.29) is 25.3 Å². The Hall–Kier alpha value is -3.48. The first-order chi connectivity index (χ1) is 14.5. The fourth-order valence-corrected chi connectivity index (χ4v) is 4.12. The molecule has 4 rings (SSSR count). The molecule has 0 radical (unpaired) electrons. The van der Waals surface area contributed by atoms with Crippen LogP contribution < -0.4 is 9.47 Å². The van der Waals surface area contributed by atoms with Gasteiger partial charge in [0.15, 0.2) is 11.5 Å². The summed E-state index contributed by atoms with van der Waals surface area (Å²) in [7, 11) is 3.10. The summed E-state index contributed by atoms with van der Waals surface area (Å²) in [5, 5.41) is 10.8. The maximum Gasteiger partial charge on any atom is 0.326 e. The molecule has 0 spiro atoms. The van der Waals surface area contributed by atoms with Crippen molar-refractivity contribution in [1.29, 1.82) is 0 Å². The van der Waals surface area contributed by atoms with E-state index in [9.17, 15) is 14.7 Å². The minimum Gasteiger partial charge on any atom is -0.493 e. The van der Waals surface area contributed by atoms with Crippen molar-refractivity contribution in [3.63, 3.8) is 0 Å². The number of aryl methyl sites for hydroxylation is 1. The first-order valence-electron chi connectivity index (χ1n) is 9.83. The molecule has 0 aliphatic carbocycles. The zero-order chi connectivity index (χ0) is 21.3. The third-order valence-electron chi connectivity index (χ3n) is 5.72. The number of amides is 1. The normalized spacial score (nSPS) is 15.7. The van der Waals surface area contributed by atoms with Crippen molar-refractivity contribution < 1.29 is 24.2 Å². The average Bonchev–Trinajstić information content (AvgIpc) is 3.18. The van der Waals surface area contributed by atoms with Gasteiger partial charge in [-0.1, -0.05) is 18.2 Å². The Morgan fingerprint density at radius 3 is 2.53 bits per heavy atom. The number of rotatable bonds is 6. The Morgan fingerprint density at radius 1 is 1.13 bits per heavy atom. The number of ether oxygens (including phenoxy) is 2. The highest BCUT2D eigenvalue weighted by Crippen LogP contribution is 2.35. The maximum atomic E-state index is 13.0. The Labute approximate surface area is 174 Å². The highest BCUT2D eigenvalue weighted by atomic mass is 16.5. The van der Waals surface area contributed by atoms with Gasteiger partial charge in [-0.2, -0.15) is 0 Å². The number of carboxylic acid groups (broad SMARTS) is 1. The molecule has 0 bridgehead atoms. The molecular weight excluding hydrogens is 384 g/mol. The summed E-state index contributed by atoms with van der Waals surface area (Å²) in [6.07, 6.45) is 2.94. The second kappa shape index (κ2) is 8.10. The second-order valence-corrected chi connectivity index (χ2v) is 7.42. The van der Waals surface area contributed by atoms with Gasteiger partial charge in [0.2, 0.25) is 5.91 Å². The molecule has 0 fully saturated rings. The summed E-state index contributed by atoms with van der Waals surface area (Å²) in [6.45, 7) is 0.235. The van der Waals surface area contributed by atoms with Crippen LogP contribution in [0, 0.1) is 0 Å². The Bertz CT molecular complexity index is 1100. The average molecular weight is 408 g/mol. The summed E-state index contributed by atoms with van der Waals surface area (Å²) in [5.41, 5.74) is 3.82. The number of benzene rings is 2. The number of methoxy groups -OCH3 is 2. The van der Waals surface area contributed by atoms with Gasteiger partial charge in [-0.05, 0) is 41.3 Å². The molecule has 0 saturated carbocycles. The summed E-state index contributed by atoms with van der Waals surface area (Å²) < 4.78 is 10.7. The van der Waals surface area contributed by atoms with E-state index in [2.05, 4.69) is 4.98 Å². The Morgan fingerprint density at radius 2 is 1.83 bits per heavy atom. The van der Waals surface area contributed by atoms with Gasteiger partial charge in [-0.25, -0.2) is 4.79 Å². The van der Waals surface area contributed by atoms with Crippen LogP contribution in [0.2, 0.25) is 0 Å². The number of aromatic nitrogens is 1. The number of carbonyl (C=O) groups is 2. The van der Waals surface area contributed by atoms with E-state index in [1.807, 2.05) is 36.5 Å². The first kappa shape index (κ1) is 19.8. The van der Waals surface area contributed by atoms with Crippen LogP contribution >= 0.6 is 0 Å². The minimum atomic E-state index is -1.00. The van der Waals surface area contributed by atoms with Gasteiger partial charge in [0, 0.05) is 36.5 Å². The quantitative estimate of drug-likeness (QED) is 0.654. The molecule has 0 saturated heterocycles. The second-order valence-electron chi connectivity index (χ2n) is 7.42. The number of H-pyrrole nitrogens is 1. The SMILES string of the molecule is COc1cc2c(cc1OC)CN(C(=O)CCc1c[nH]c3ccccc13)[C@@H](C(=O)O)C2. The molecule has 2 aromatic carbocycles. The minimum absolute atomic E-state index is 0.173. The van der Waals surface area contributed by atoms with Crippen LogP contribution in [0.1, 0.15) is 23.1 Å². The van der Waals surface area contributed by atoms with Crippen LogP contribution in [0.15, 0.2) is 42.6 Å². The molecule has 1 atom stereocenters. The van der Waals surface area contributed by atoms with Gasteiger partial charge in [0.25, 0.3) is 0 Å². The summed E-state index contributed by atoms with van der Waals surface area (Å²) >= 11 is 0. The molecule has 2 N–H and O–H groups in total. The number of nitrogens with zero attached hydrogens (tertiary/aromatic N) is 1. The van der Waals surface area contributed by atoms with Gasteiger partial charge < -0.3 is 24.5 Å². The lowest BCUT2D eigenvalue weighted by atomic mass is 9.92. The number of carboxylic acids is 1. The summed E-state index contributed by atoms with van der Waals surface area (Å²) in [4.78, 5) is 29.6. The van der Waals surface area contributed by atoms with Gasteiger partial charge >= 0.3 is 5.97 Å². The van der Waals surface area contributed by atoms with E-state index in [4.69, 9.17) is 9.47 Å². The van der Waals surface area contributed by atoms with Crippen LogP contribution in [0.4, 0.5) is 0 Å². The Balaban J connectivity index is 1.56. The van der Waals surface area contributed by atoms with Crippen molar-refractivity contribution in [3.8, 4) is 11.5 Å². The van der Waals surface area contributed by atoms with E-state index in [0.717, 1.165) is 27.6 Å². The van der Waals surface area contributed by atoms with Gasteiger partial charge in [0.05, 0.1) is 14.2 Å². The van der Waals surface area contributed by atoms with Crippen molar-refractivity contribution in [1.82, 2.24) is 9.88 Å². The highest BCUT2D eigenvalue weighted by molar-refractivity contribution is 5.86. The van der Waals surface area contributed by atoms with E-state index in [1.165, 1.54) is 4.90 Å². The number of carbonyl (C=O) groups excluding carboxylic acids is 1. The van der Waals surface area contributed by atoms with Crippen LogP contribution in [-0.2, 0) is 29.0 Å². The van der Waals surface area contributed by atoms with Crippen molar-refractivity contribution in [2.45, 2.75) is 31.8 Å². The van der Waals surface area contributed by atoms with E-state index in [1.54, 1.807) is 20.3 Å². The number of nitrogens with one attached hydrogen (secondary N) is 1. The van der Waals surface area contributed by atoms with Gasteiger partial charge in [-0.3, -0.25) is 4.79 Å². The predicted molar refractivity (Wildman–Crippen MR) is 112 cm³/mol. The predicted octanol–water partition coefficient (Wildman–Crippen LogP) is 3.16. The smallest absolute Gasteiger partial charge is 0.326 e. The van der Waals surface area contributed by atoms with Crippen LogP contribution in [-0.4, -0.2) is 47.1 Å². The van der Waals surface area contributed by atoms with E-state index >= 15 is 0 Å². The molecular formula is C23H24N2O5. The van der Waals surface area contributed by atoms with Gasteiger partial charge in [-0.15, -0.1) is 0 Å². The van der Waals surface area contributed by atoms with Crippen molar-refractivity contribution in [2.75, 3.05) is 14.2 Å². The monoisotopic (exact) mass is 408 g/mol. The van der Waals surface area contributed by atoms with E-state index < -0.39 is 12.0 Å². The molecule has 7 nitrogen and oxygen atoms in total.